The highest BCUT2D eigenvalue weighted by Crippen LogP contribution is 2.39. The second-order valence-electron chi connectivity index (χ2n) is 6.84. The van der Waals surface area contributed by atoms with Crippen molar-refractivity contribution in [3.05, 3.63) is 53.6 Å². The molecule has 0 amide bonds. The molecule has 2 aromatic carbocycles. The van der Waals surface area contributed by atoms with Crippen molar-refractivity contribution in [3.63, 3.8) is 0 Å². The monoisotopic (exact) mass is 373 g/mol. The van der Waals surface area contributed by atoms with Gasteiger partial charge < -0.3 is 9.47 Å². The standard InChI is InChI=1S/C20H23NO4S/c1-15-5-7-16(8-6-15)18-4-2-11-21(18)26(22,23)17-9-10-19-20(14-17)25-13-3-12-24-19/h5-10,14,18H,2-4,11-13H2,1H3/t18-/m0/s1. The Kier molecular flexibility index (Phi) is 4.63. The fraction of sp³-hybridized carbons (Fsp3) is 0.400. The number of rotatable bonds is 3. The lowest BCUT2D eigenvalue weighted by Gasteiger charge is -2.25. The molecule has 0 N–H and O–H groups in total. The number of benzene rings is 2. The van der Waals surface area contributed by atoms with E-state index >= 15 is 0 Å². The third-order valence-electron chi connectivity index (χ3n) is 4.99. The molecule has 1 fully saturated rings. The molecule has 2 heterocycles. The smallest absolute Gasteiger partial charge is 0.243 e. The van der Waals surface area contributed by atoms with Gasteiger partial charge in [-0.2, -0.15) is 4.31 Å². The Morgan fingerprint density at radius 3 is 2.46 bits per heavy atom. The van der Waals surface area contributed by atoms with E-state index in [-0.39, 0.29) is 10.9 Å². The zero-order chi connectivity index (χ0) is 18.1. The molecule has 138 valence electrons. The Labute approximate surface area is 154 Å². The Morgan fingerprint density at radius 1 is 0.962 bits per heavy atom. The van der Waals surface area contributed by atoms with Crippen molar-refractivity contribution in [3.8, 4) is 11.5 Å². The lowest BCUT2D eigenvalue weighted by Crippen LogP contribution is -2.30. The lowest BCUT2D eigenvalue weighted by atomic mass is 10.0. The molecule has 0 spiro atoms. The third-order valence-corrected chi connectivity index (χ3v) is 6.90. The van der Waals surface area contributed by atoms with Gasteiger partial charge in [-0.05, 0) is 37.5 Å². The largest absolute Gasteiger partial charge is 0.490 e. The first-order valence-corrected chi connectivity index (χ1v) is 10.5. The van der Waals surface area contributed by atoms with Crippen LogP contribution in [0.2, 0.25) is 0 Å². The van der Waals surface area contributed by atoms with Crippen LogP contribution < -0.4 is 9.47 Å². The van der Waals surface area contributed by atoms with E-state index in [1.165, 1.54) is 5.56 Å². The summed E-state index contributed by atoms with van der Waals surface area (Å²) in [7, 11) is -3.59. The van der Waals surface area contributed by atoms with E-state index in [2.05, 4.69) is 0 Å². The minimum absolute atomic E-state index is 0.114. The summed E-state index contributed by atoms with van der Waals surface area (Å²) < 4.78 is 39.5. The molecule has 0 aromatic heterocycles. The zero-order valence-corrected chi connectivity index (χ0v) is 15.7. The molecule has 1 saturated heterocycles. The average molecular weight is 373 g/mol. The molecular weight excluding hydrogens is 350 g/mol. The summed E-state index contributed by atoms with van der Waals surface area (Å²) in [6.07, 6.45) is 2.49. The molecule has 0 unspecified atom stereocenters. The number of hydrogen-bond acceptors (Lipinski definition) is 4. The minimum Gasteiger partial charge on any atom is -0.490 e. The molecule has 1 atom stereocenters. The van der Waals surface area contributed by atoms with Gasteiger partial charge >= 0.3 is 0 Å². The van der Waals surface area contributed by atoms with E-state index < -0.39 is 10.0 Å². The molecule has 0 bridgehead atoms. The van der Waals surface area contributed by atoms with Gasteiger partial charge in [0.15, 0.2) is 11.5 Å². The minimum atomic E-state index is -3.59. The van der Waals surface area contributed by atoms with Crippen LogP contribution in [0, 0.1) is 6.92 Å². The van der Waals surface area contributed by atoms with E-state index in [9.17, 15) is 8.42 Å². The molecule has 0 saturated carbocycles. The Morgan fingerprint density at radius 2 is 1.69 bits per heavy atom. The van der Waals surface area contributed by atoms with Gasteiger partial charge in [0.2, 0.25) is 10.0 Å². The van der Waals surface area contributed by atoms with Crippen LogP contribution >= 0.6 is 0 Å². The van der Waals surface area contributed by atoms with Crippen molar-refractivity contribution >= 4 is 10.0 Å². The first-order chi connectivity index (χ1) is 12.6. The van der Waals surface area contributed by atoms with Crippen molar-refractivity contribution < 1.29 is 17.9 Å². The van der Waals surface area contributed by atoms with Crippen molar-refractivity contribution in [2.45, 2.75) is 37.1 Å². The highest BCUT2D eigenvalue weighted by atomic mass is 32.2. The summed E-state index contributed by atoms with van der Waals surface area (Å²) in [5.74, 6) is 1.12. The SMILES string of the molecule is Cc1ccc([C@@H]2CCCN2S(=O)(=O)c2ccc3c(c2)OCCCO3)cc1. The van der Waals surface area contributed by atoms with Gasteiger partial charge in [0, 0.05) is 19.0 Å². The van der Waals surface area contributed by atoms with Gasteiger partial charge in [-0.1, -0.05) is 29.8 Å². The molecule has 5 nitrogen and oxygen atoms in total. The van der Waals surface area contributed by atoms with Crippen LogP contribution in [0.3, 0.4) is 0 Å². The molecule has 26 heavy (non-hydrogen) atoms. The topological polar surface area (TPSA) is 55.8 Å². The van der Waals surface area contributed by atoms with Crippen LogP contribution in [-0.4, -0.2) is 32.5 Å². The van der Waals surface area contributed by atoms with Crippen molar-refractivity contribution in [1.82, 2.24) is 4.31 Å². The highest BCUT2D eigenvalue weighted by molar-refractivity contribution is 7.89. The average Bonchev–Trinajstić information content (AvgIpc) is 3.02. The zero-order valence-electron chi connectivity index (χ0n) is 14.8. The number of sulfonamides is 1. The summed E-state index contributed by atoms with van der Waals surface area (Å²) in [5, 5.41) is 0. The molecular formula is C20H23NO4S. The van der Waals surface area contributed by atoms with Gasteiger partial charge in [-0.25, -0.2) is 8.42 Å². The van der Waals surface area contributed by atoms with Crippen LogP contribution in [0.25, 0.3) is 0 Å². The second kappa shape index (κ2) is 6.93. The van der Waals surface area contributed by atoms with E-state index in [1.807, 2.05) is 31.2 Å². The van der Waals surface area contributed by atoms with Gasteiger partial charge in [0.05, 0.1) is 24.2 Å². The number of ether oxygens (including phenoxy) is 2. The van der Waals surface area contributed by atoms with Gasteiger partial charge in [0.1, 0.15) is 0 Å². The summed E-state index contributed by atoms with van der Waals surface area (Å²) in [4.78, 5) is 0.265. The number of fused-ring (bicyclic) bond motifs is 1. The fourth-order valence-corrected chi connectivity index (χ4v) is 5.29. The highest BCUT2D eigenvalue weighted by Gasteiger charge is 2.36. The third kappa shape index (κ3) is 3.19. The second-order valence-corrected chi connectivity index (χ2v) is 8.73. The number of hydrogen-bond donors (Lipinski definition) is 0. The molecule has 2 aliphatic rings. The molecule has 0 aliphatic carbocycles. The molecule has 2 aromatic rings. The maximum absolute atomic E-state index is 13.3. The van der Waals surface area contributed by atoms with Gasteiger partial charge in [-0.15, -0.1) is 0 Å². The van der Waals surface area contributed by atoms with Gasteiger partial charge in [-0.3, -0.25) is 0 Å². The Bertz CT molecular complexity index is 893. The summed E-state index contributed by atoms with van der Waals surface area (Å²) >= 11 is 0. The van der Waals surface area contributed by atoms with E-state index in [0.29, 0.717) is 31.3 Å². The maximum Gasteiger partial charge on any atom is 0.243 e. The van der Waals surface area contributed by atoms with Crippen LogP contribution in [0.1, 0.15) is 36.4 Å². The van der Waals surface area contributed by atoms with Crippen LogP contribution in [0.5, 0.6) is 11.5 Å². The number of nitrogens with zero attached hydrogens (tertiary/aromatic N) is 1. The van der Waals surface area contributed by atoms with Crippen molar-refractivity contribution in [2.75, 3.05) is 19.8 Å². The molecule has 2 aliphatic heterocycles. The quantitative estimate of drug-likeness (QED) is 0.823. The molecule has 0 radical (unpaired) electrons. The maximum atomic E-state index is 13.3. The van der Waals surface area contributed by atoms with Crippen molar-refractivity contribution in [1.29, 1.82) is 0 Å². The van der Waals surface area contributed by atoms with Crippen molar-refractivity contribution in [2.24, 2.45) is 0 Å². The van der Waals surface area contributed by atoms with E-state index in [0.717, 1.165) is 24.8 Å². The summed E-state index contributed by atoms with van der Waals surface area (Å²) in [6, 6.07) is 12.9. The molecule has 6 heteroatoms. The first-order valence-electron chi connectivity index (χ1n) is 9.04. The fourth-order valence-electron chi connectivity index (χ4n) is 3.59. The summed E-state index contributed by atoms with van der Waals surface area (Å²) in [6.45, 7) is 3.69. The predicted molar refractivity (Wildman–Crippen MR) is 99.1 cm³/mol. The predicted octanol–water partition coefficient (Wildman–Crippen LogP) is 3.68. The first kappa shape index (κ1) is 17.4. The lowest BCUT2D eigenvalue weighted by molar-refractivity contribution is 0.296. The van der Waals surface area contributed by atoms with Gasteiger partial charge in [0.25, 0.3) is 0 Å². The van der Waals surface area contributed by atoms with Crippen LogP contribution in [-0.2, 0) is 10.0 Å². The molecule has 4 rings (SSSR count). The Balaban J connectivity index is 1.67. The number of aryl methyl sites for hydroxylation is 1. The summed E-state index contributed by atoms with van der Waals surface area (Å²) in [5.41, 5.74) is 2.22. The Hall–Kier alpha value is -2.05. The van der Waals surface area contributed by atoms with Crippen LogP contribution in [0.15, 0.2) is 47.4 Å². The normalized spacial score (nSPS) is 20.7. The van der Waals surface area contributed by atoms with E-state index in [1.54, 1.807) is 22.5 Å². The van der Waals surface area contributed by atoms with Crippen LogP contribution in [0.4, 0.5) is 0 Å². The van der Waals surface area contributed by atoms with E-state index in [4.69, 9.17) is 9.47 Å².